The van der Waals surface area contributed by atoms with Gasteiger partial charge >= 0.3 is 13.1 Å². The second kappa shape index (κ2) is 7.72. The maximum atomic E-state index is 12.5. The Morgan fingerprint density at radius 1 is 1.21 bits per heavy atom. The Balaban J connectivity index is 2.08. The van der Waals surface area contributed by atoms with Crippen molar-refractivity contribution in [3.63, 3.8) is 0 Å². The molecule has 7 heteroatoms. The molecule has 0 aliphatic carbocycles. The Morgan fingerprint density at radius 2 is 1.89 bits per heavy atom. The summed E-state index contributed by atoms with van der Waals surface area (Å²) in [6.45, 7) is 10.1. The number of carbonyl (C=O) groups is 2. The molecule has 1 aromatic carbocycles. The molecule has 0 spiro atoms. The summed E-state index contributed by atoms with van der Waals surface area (Å²) in [5, 5.41) is 0.932. The molecule has 2 heterocycles. The first-order valence-corrected chi connectivity index (χ1v) is 9.81. The van der Waals surface area contributed by atoms with Gasteiger partial charge in [-0.1, -0.05) is 18.2 Å². The summed E-state index contributed by atoms with van der Waals surface area (Å²) in [7, 11) is -0.537. The van der Waals surface area contributed by atoms with Crippen LogP contribution in [-0.2, 0) is 25.3 Å². The van der Waals surface area contributed by atoms with Crippen LogP contribution in [0.3, 0.4) is 0 Å². The summed E-state index contributed by atoms with van der Waals surface area (Å²) in [6.07, 6.45) is 2.63. The second-order valence-electron chi connectivity index (χ2n) is 8.12. The van der Waals surface area contributed by atoms with Gasteiger partial charge in [0.15, 0.2) is 0 Å². The Morgan fingerprint density at radius 3 is 2.50 bits per heavy atom. The molecular weight excluding hydrogens is 357 g/mol. The van der Waals surface area contributed by atoms with Crippen molar-refractivity contribution in [2.45, 2.75) is 65.1 Å². The maximum absolute atomic E-state index is 12.5. The van der Waals surface area contributed by atoms with Gasteiger partial charge in [0.1, 0.15) is 12.0 Å². The highest BCUT2D eigenvalue weighted by molar-refractivity contribution is 6.65. The average Bonchev–Trinajstić information content (AvgIpc) is 3.09. The minimum absolute atomic E-state index is 0.298. The van der Waals surface area contributed by atoms with Gasteiger partial charge in [-0.2, -0.15) is 0 Å². The van der Waals surface area contributed by atoms with Crippen LogP contribution in [0, 0.1) is 0 Å². The van der Waals surface area contributed by atoms with Gasteiger partial charge in [-0.25, -0.2) is 4.79 Å². The molecule has 0 radical (unpaired) electrons. The van der Waals surface area contributed by atoms with Crippen LogP contribution in [0.4, 0.5) is 0 Å². The zero-order valence-electron chi connectivity index (χ0n) is 17.3. The SMILES string of the molecule is CCOC(=O)c1[nH]c2c(B3OC(C)(C)C(C)(C)O3)cccc2c1CCCC=O. The molecule has 1 aliphatic heterocycles. The van der Waals surface area contributed by atoms with Crippen molar-refractivity contribution in [2.24, 2.45) is 0 Å². The number of H-pyrrole nitrogens is 1. The largest absolute Gasteiger partial charge is 0.497 e. The Labute approximate surface area is 166 Å². The number of benzene rings is 1. The van der Waals surface area contributed by atoms with E-state index in [0.717, 1.165) is 28.2 Å². The number of para-hydroxylation sites is 1. The molecule has 0 amide bonds. The highest BCUT2D eigenvalue weighted by Crippen LogP contribution is 2.37. The molecule has 3 rings (SSSR count). The number of aromatic amines is 1. The van der Waals surface area contributed by atoms with Crippen molar-refractivity contribution >= 4 is 35.7 Å². The quantitative estimate of drug-likeness (QED) is 0.343. The Kier molecular flexibility index (Phi) is 5.68. The predicted molar refractivity (Wildman–Crippen MR) is 109 cm³/mol. The molecule has 1 aromatic heterocycles. The van der Waals surface area contributed by atoms with E-state index in [1.807, 2.05) is 45.9 Å². The van der Waals surface area contributed by atoms with Crippen LogP contribution in [0.5, 0.6) is 0 Å². The topological polar surface area (TPSA) is 77.6 Å². The third-order valence-corrected chi connectivity index (χ3v) is 5.71. The normalized spacial score (nSPS) is 17.8. The van der Waals surface area contributed by atoms with Crippen molar-refractivity contribution in [2.75, 3.05) is 6.61 Å². The number of aromatic nitrogens is 1. The molecule has 6 nitrogen and oxygen atoms in total. The highest BCUT2D eigenvalue weighted by atomic mass is 16.7. The lowest BCUT2D eigenvalue weighted by Crippen LogP contribution is -2.41. The van der Waals surface area contributed by atoms with Gasteiger partial charge in [0, 0.05) is 22.8 Å². The molecular formula is C21H28BNO5. The number of nitrogens with one attached hydrogen (secondary N) is 1. The van der Waals surface area contributed by atoms with Gasteiger partial charge in [-0.3, -0.25) is 0 Å². The average molecular weight is 385 g/mol. The molecule has 2 aromatic rings. The number of unbranched alkanes of at least 4 members (excludes halogenated alkanes) is 1. The number of hydrogen-bond acceptors (Lipinski definition) is 5. The number of aldehydes is 1. The first-order valence-electron chi connectivity index (χ1n) is 9.81. The summed E-state index contributed by atoms with van der Waals surface area (Å²) in [6, 6.07) is 5.86. The van der Waals surface area contributed by atoms with E-state index in [-0.39, 0.29) is 5.97 Å². The third-order valence-electron chi connectivity index (χ3n) is 5.71. The number of hydrogen-bond donors (Lipinski definition) is 1. The highest BCUT2D eigenvalue weighted by Gasteiger charge is 2.52. The monoisotopic (exact) mass is 385 g/mol. The fourth-order valence-electron chi connectivity index (χ4n) is 3.46. The van der Waals surface area contributed by atoms with Gasteiger partial charge in [0.25, 0.3) is 0 Å². The third kappa shape index (κ3) is 3.61. The van der Waals surface area contributed by atoms with Crippen LogP contribution >= 0.6 is 0 Å². The number of aryl methyl sites for hydroxylation is 1. The molecule has 1 aliphatic rings. The number of rotatable bonds is 7. The van der Waals surface area contributed by atoms with Crippen molar-refractivity contribution in [1.82, 2.24) is 4.98 Å². The van der Waals surface area contributed by atoms with Crippen LogP contribution in [0.2, 0.25) is 0 Å². The minimum Gasteiger partial charge on any atom is -0.461 e. The van der Waals surface area contributed by atoms with E-state index in [2.05, 4.69) is 4.98 Å². The van der Waals surface area contributed by atoms with E-state index in [1.165, 1.54) is 0 Å². The Hall–Kier alpha value is -2.12. The minimum atomic E-state index is -0.537. The predicted octanol–water partition coefficient (Wildman–Crippen LogP) is 3.17. The number of carbonyl (C=O) groups excluding carboxylic acids is 2. The molecule has 0 bridgehead atoms. The lowest BCUT2D eigenvalue weighted by atomic mass is 9.77. The standard InChI is InChI=1S/C21H28BNO5/c1-6-26-19(25)18-15(10-7-8-13-24)14-11-9-12-16(17(14)23-18)22-27-20(2,3)21(4,5)28-22/h9,11-13,23H,6-8,10H2,1-5H3. The zero-order valence-corrected chi connectivity index (χ0v) is 17.3. The van der Waals surface area contributed by atoms with Crippen LogP contribution < -0.4 is 5.46 Å². The van der Waals surface area contributed by atoms with E-state index in [9.17, 15) is 9.59 Å². The molecule has 0 unspecified atom stereocenters. The first-order chi connectivity index (χ1) is 13.2. The molecule has 1 saturated heterocycles. The summed E-state index contributed by atoms with van der Waals surface area (Å²) in [5.74, 6) is -0.389. The van der Waals surface area contributed by atoms with Crippen LogP contribution in [0.25, 0.3) is 10.9 Å². The van der Waals surface area contributed by atoms with Gasteiger partial charge < -0.3 is 23.8 Å². The lowest BCUT2D eigenvalue weighted by molar-refractivity contribution is -0.107. The fraction of sp³-hybridized carbons (Fsp3) is 0.524. The van der Waals surface area contributed by atoms with Gasteiger partial charge in [-0.05, 0) is 53.0 Å². The van der Waals surface area contributed by atoms with Crippen LogP contribution in [-0.4, -0.2) is 42.2 Å². The summed E-state index contributed by atoms with van der Waals surface area (Å²) in [4.78, 5) is 26.5. The number of esters is 1. The summed E-state index contributed by atoms with van der Waals surface area (Å²) in [5.41, 5.74) is 2.06. The Bertz CT molecular complexity index is 870. The van der Waals surface area contributed by atoms with E-state index >= 15 is 0 Å². The van der Waals surface area contributed by atoms with Crippen LogP contribution in [0.1, 0.15) is 63.5 Å². The number of fused-ring (bicyclic) bond motifs is 1. The zero-order chi connectivity index (χ0) is 20.5. The van der Waals surface area contributed by atoms with Crippen molar-refractivity contribution in [3.8, 4) is 0 Å². The molecule has 1 N–H and O–H groups in total. The van der Waals surface area contributed by atoms with E-state index in [4.69, 9.17) is 14.0 Å². The summed E-state index contributed by atoms with van der Waals surface area (Å²) >= 11 is 0. The molecule has 0 atom stereocenters. The van der Waals surface area contributed by atoms with E-state index in [1.54, 1.807) is 6.92 Å². The van der Waals surface area contributed by atoms with E-state index < -0.39 is 18.3 Å². The molecule has 150 valence electrons. The second-order valence-corrected chi connectivity index (χ2v) is 8.12. The summed E-state index contributed by atoms with van der Waals surface area (Å²) < 4.78 is 17.7. The van der Waals surface area contributed by atoms with E-state index in [0.29, 0.717) is 31.6 Å². The smallest absolute Gasteiger partial charge is 0.461 e. The lowest BCUT2D eigenvalue weighted by Gasteiger charge is -2.32. The van der Waals surface area contributed by atoms with Crippen molar-refractivity contribution in [1.29, 1.82) is 0 Å². The van der Waals surface area contributed by atoms with Gasteiger partial charge in [0.05, 0.1) is 17.8 Å². The van der Waals surface area contributed by atoms with Crippen molar-refractivity contribution < 1.29 is 23.6 Å². The molecule has 28 heavy (non-hydrogen) atoms. The van der Waals surface area contributed by atoms with Crippen LogP contribution in [0.15, 0.2) is 18.2 Å². The van der Waals surface area contributed by atoms with Gasteiger partial charge in [-0.15, -0.1) is 0 Å². The number of ether oxygens (including phenoxy) is 1. The molecule has 1 fully saturated rings. The fourth-order valence-corrected chi connectivity index (χ4v) is 3.46. The molecule has 0 saturated carbocycles. The van der Waals surface area contributed by atoms with Gasteiger partial charge in [0.2, 0.25) is 0 Å². The maximum Gasteiger partial charge on any atom is 0.497 e. The first kappa shape index (κ1) is 20.6. The van der Waals surface area contributed by atoms with Crippen molar-refractivity contribution in [3.05, 3.63) is 29.5 Å².